The molecule has 1 nitrogen and oxygen atoms in total. The van der Waals surface area contributed by atoms with Crippen molar-refractivity contribution in [3.05, 3.63) is 76.3 Å². The van der Waals surface area contributed by atoms with Crippen LogP contribution in [0.3, 0.4) is 0 Å². The van der Waals surface area contributed by atoms with Crippen molar-refractivity contribution in [3.8, 4) is 5.69 Å². The third-order valence-corrected chi connectivity index (χ3v) is 5.49. The van der Waals surface area contributed by atoms with Crippen molar-refractivity contribution < 1.29 is 0 Å². The lowest BCUT2D eigenvalue weighted by Crippen LogP contribution is -2.10. The molecule has 0 fully saturated rings. The number of para-hydroxylation sites is 1. The molecule has 0 amide bonds. The molecule has 0 bridgehead atoms. The van der Waals surface area contributed by atoms with E-state index in [-0.39, 0.29) is 5.41 Å². The first-order chi connectivity index (χ1) is 12.3. The SMILES string of the molecule is Cc1cccc(C)c1-n1c2ccc(C(C)(C)C)cc2c2ccc(Cl)cc21. The number of rotatable bonds is 1. The summed E-state index contributed by atoms with van der Waals surface area (Å²) in [4.78, 5) is 0. The van der Waals surface area contributed by atoms with Gasteiger partial charge in [-0.3, -0.25) is 0 Å². The molecule has 1 aromatic heterocycles. The maximum Gasteiger partial charge on any atom is 0.0556 e. The van der Waals surface area contributed by atoms with Gasteiger partial charge in [-0.05, 0) is 60.2 Å². The molecule has 0 atom stereocenters. The van der Waals surface area contributed by atoms with Gasteiger partial charge in [-0.15, -0.1) is 0 Å². The zero-order chi connectivity index (χ0) is 18.6. The predicted octanol–water partition coefficient (Wildman–Crippen LogP) is 7.35. The van der Waals surface area contributed by atoms with Gasteiger partial charge in [0.25, 0.3) is 0 Å². The fourth-order valence-electron chi connectivity index (χ4n) is 3.86. The molecule has 0 radical (unpaired) electrons. The van der Waals surface area contributed by atoms with E-state index in [2.05, 4.69) is 87.7 Å². The highest BCUT2D eigenvalue weighted by Crippen LogP contribution is 2.37. The second-order valence-electron chi connectivity index (χ2n) is 8.22. The molecule has 0 aliphatic rings. The Hall–Kier alpha value is -2.25. The van der Waals surface area contributed by atoms with Crippen LogP contribution in [0.5, 0.6) is 0 Å². The molecule has 1 heterocycles. The minimum atomic E-state index is 0.119. The average Bonchev–Trinajstić information content (AvgIpc) is 2.87. The second-order valence-corrected chi connectivity index (χ2v) is 8.66. The van der Waals surface area contributed by atoms with E-state index in [1.54, 1.807) is 0 Å². The van der Waals surface area contributed by atoms with Gasteiger partial charge in [0.2, 0.25) is 0 Å². The lowest BCUT2D eigenvalue weighted by Gasteiger charge is -2.19. The van der Waals surface area contributed by atoms with Crippen molar-refractivity contribution in [1.82, 2.24) is 4.57 Å². The van der Waals surface area contributed by atoms with E-state index in [1.807, 2.05) is 6.07 Å². The van der Waals surface area contributed by atoms with Crippen LogP contribution in [0.4, 0.5) is 0 Å². The molecule has 0 unspecified atom stereocenters. The van der Waals surface area contributed by atoms with Crippen molar-refractivity contribution in [3.63, 3.8) is 0 Å². The summed E-state index contributed by atoms with van der Waals surface area (Å²) in [5, 5.41) is 3.30. The molecular weight excluding hydrogens is 338 g/mol. The summed E-state index contributed by atoms with van der Waals surface area (Å²) in [7, 11) is 0. The molecule has 0 saturated carbocycles. The molecule has 2 heteroatoms. The van der Waals surface area contributed by atoms with Gasteiger partial charge in [0.05, 0.1) is 16.7 Å². The Kier molecular flexibility index (Phi) is 3.89. The number of halogens is 1. The summed E-state index contributed by atoms with van der Waals surface area (Å²) in [6, 6.07) is 19.5. The average molecular weight is 362 g/mol. The van der Waals surface area contributed by atoms with E-state index in [1.165, 1.54) is 38.7 Å². The minimum absolute atomic E-state index is 0.119. The normalized spacial score (nSPS) is 12.2. The highest BCUT2D eigenvalue weighted by Gasteiger charge is 2.19. The van der Waals surface area contributed by atoms with E-state index in [9.17, 15) is 0 Å². The summed E-state index contributed by atoms with van der Waals surface area (Å²) in [6.07, 6.45) is 0. The molecule has 26 heavy (non-hydrogen) atoms. The fourth-order valence-corrected chi connectivity index (χ4v) is 4.03. The van der Waals surface area contributed by atoms with Crippen LogP contribution < -0.4 is 0 Å². The highest BCUT2D eigenvalue weighted by molar-refractivity contribution is 6.31. The summed E-state index contributed by atoms with van der Waals surface area (Å²) in [5.74, 6) is 0. The van der Waals surface area contributed by atoms with E-state index in [0.29, 0.717) is 0 Å². The molecule has 0 saturated heterocycles. The van der Waals surface area contributed by atoms with Gasteiger partial charge in [0.1, 0.15) is 0 Å². The van der Waals surface area contributed by atoms with Crippen LogP contribution in [-0.4, -0.2) is 4.57 Å². The van der Waals surface area contributed by atoms with Crippen molar-refractivity contribution in [2.24, 2.45) is 0 Å². The van der Waals surface area contributed by atoms with Crippen LogP contribution in [0.1, 0.15) is 37.5 Å². The Balaban J connectivity index is 2.19. The molecular formula is C24H24ClN. The maximum atomic E-state index is 6.38. The zero-order valence-corrected chi connectivity index (χ0v) is 16.8. The standard InChI is InChI=1S/C24H24ClN/c1-15-7-6-8-16(2)23(15)26-21-12-9-17(24(3,4)5)13-20(21)19-11-10-18(25)14-22(19)26/h6-14H,1-5H3. The first-order valence-corrected chi connectivity index (χ1v) is 9.46. The Morgan fingerprint density at radius 3 is 2.12 bits per heavy atom. The van der Waals surface area contributed by atoms with Gasteiger partial charge in [-0.25, -0.2) is 0 Å². The number of aromatic nitrogens is 1. The first kappa shape index (κ1) is 17.2. The van der Waals surface area contributed by atoms with Crippen molar-refractivity contribution in [2.75, 3.05) is 0 Å². The number of benzene rings is 3. The smallest absolute Gasteiger partial charge is 0.0556 e. The number of hydrogen-bond donors (Lipinski definition) is 0. The van der Waals surface area contributed by atoms with Gasteiger partial charge in [0, 0.05) is 15.8 Å². The van der Waals surface area contributed by atoms with Gasteiger partial charge in [-0.2, -0.15) is 0 Å². The van der Waals surface area contributed by atoms with E-state index < -0.39 is 0 Å². The Morgan fingerprint density at radius 1 is 0.769 bits per heavy atom. The van der Waals surface area contributed by atoms with Crippen LogP contribution >= 0.6 is 11.6 Å². The molecule has 0 aliphatic carbocycles. The predicted molar refractivity (Wildman–Crippen MR) is 114 cm³/mol. The Labute approximate surface area is 160 Å². The molecule has 0 aliphatic heterocycles. The zero-order valence-electron chi connectivity index (χ0n) is 16.0. The van der Waals surface area contributed by atoms with Crippen LogP contribution in [0, 0.1) is 13.8 Å². The van der Waals surface area contributed by atoms with Crippen molar-refractivity contribution in [2.45, 2.75) is 40.0 Å². The lowest BCUT2D eigenvalue weighted by molar-refractivity contribution is 0.591. The second kappa shape index (κ2) is 5.89. The summed E-state index contributed by atoms with van der Waals surface area (Å²) in [6.45, 7) is 11.1. The molecule has 3 aromatic carbocycles. The first-order valence-electron chi connectivity index (χ1n) is 9.08. The maximum absolute atomic E-state index is 6.38. The quantitative estimate of drug-likeness (QED) is 0.334. The number of fused-ring (bicyclic) bond motifs is 3. The fraction of sp³-hybridized carbons (Fsp3) is 0.250. The number of nitrogens with zero attached hydrogens (tertiary/aromatic N) is 1. The van der Waals surface area contributed by atoms with Gasteiger partial charge in [-0.1, -0.05) is 62.7 Å². The van der Waals surface area contributed by atoms with E-state index >= 15 is 0 Å². The third-order valence-electron chi connectivity index (χ3n) is 5.26. The van der Waals surface area contributed by atoms with Crippen LogP contribution in [0.2, 0.25) is 5.02 Å². The topological polar surface area (TPSA) is 4.93 Å². The summed E-state index contributed by atoms with van der Waals surface area (Å²) < 4.78 is 2.37. The minimum Gasteiger partial charge on any atom is -0.309 e. The Morgan fingerprint density at radius 2 is 1.46 bits per heavy atom. The van der Waals surface area contributed by atoms with E-state index in [0.717, 1.165) is 10.5 Å². The highest BCUT2D eigenvalue weighted by atomic mass is 35.5. The lowest BCUT2D eigenvalue weighted by atomic mass is 9.86. The van der Waals surface area contributed by atoms with Crippen LogP contribution in [0.25, 0.3) is 27.5 Å². The van der Waals surface area contributed by atoms with Crippen molar-refractivity contribution in [1.29, 1.82) is 0 Å². The molecule has 4 aromatic rings. The third kappa shape index (κ3) is 2.62. The monoisotopic (exact) mass is 361 g/mol. The number of hydrogen-bond acceptors (Lipinski definition) is 0. The molecule has 4 rings (SSSR count). The number of aryl methyl sites for hydroxylation is 2. The molecule has 0 N–H and O–H groups in total. The summed E-state index contributed by atoms with van der Waals surface area (Å²) >= 11 is 6.38. The van der Waals surface area contributed by atoms with Crippen LogP contribution in [-0.2, 0) is 5.41 Å². The summed E-state index contributed by atoms with van der Waals surface area (Å²) in [5.41, 5.74) is 7.64. The molecule has 0 spiro atoms. The Bertz CT molecular complexity index is 1120. The largest absolute Gasteiger partial charge is 0.309 e. The van der Waals surface area contributed by atoms with Gasteiger partial charge in [0.15, 0.2) is 0 Å². The van der Waals surface area contributed by atoms with Crippen molar-refractivity contribution >= 4 is 33.4 Å². The van der Waals surface area contributed by atoms with Gasteiger partial charge < -0.3 is 4.57 Å². The van der Waals surface area contributed by atoms with E-state index in [4.69, 9.17) is 11.6 Å². The molecule has 132 valence electrons. The van der Waals surface area contributed by atoms with Crippen LogP contribution in [0.15, 0.2) is 54.6 Å². The van der Waals surface area contributed by atoms with Gasteiger partial charge >= 0.3 is 0 Å².